The number of nitrogens with one attached hydrogen (secondary N) is 1. The van der Waals surface area contributed by atoms with Crippen molar-refractivity contribution in [2.45, 2.75) is 38.6 Å². The highest BCUT2D eigenvalue weighted by Gasteiger charge is 2.30. The molecule has 20 heavy (non-hydrogen) atoms. The third-order valence-corrected chi connectivity index (χ3v) is 3.55. The van der Waals surface area contributed by atoms with Gasteiger partial charge in [0, 0.05) is 32.5 Å². The zero-order valence-electron chi connectivity index (χ0n) is 12.0. The molecule has 2 rings (SSSR count). The van der Waals surface area contributed by atoms with Crippen LogP contribution in [-0.4, -0.2) is 35.8 Å². The molecule has 1 aliphatic carbocycles. The first-order chi connectivity index (χ1) is 9.66. The van der Waals surface area contributed by atoms with E-state index in [-0.39, 0.29) is 11.8 Å². The number of amides is 2. The largest absolute Gasteiger partial charge is 0.356 e. The van der Waals surface area contributed by atoms with E-state index in [1.165, 1.54) is 5.56 Å². The third-order valence-electron chi connectivity index (χ3n) is 3.55. The van der Waals surface area contributed by atoms with Gasteiger partial charge in [-0.05, 0) is 24.8 Å². The van der Waals surface area contributed by atoms with Crippen LogP contribution >= 0.6 is 0 Å². The van der Waals surface area contributed by atoms with Crippen LogP contribution in [0, 0.1) is 0 Å². The van der Waals surface area contributed by atoms with E-state index in [1.807, 2.05) is 23.1 Å². The normalized spacial score (nSPS) is 13.8. The first-order valence-electron chi connectivity index (χ1n) is 7.24. The van der Waals surface area contributed by atoms with Crippen LogP contribution in [0.5, 0.6) is 0 Å². The molecule has 4 heteroatoms. The molecule has 0 aromatic heterocycles. The lowest BCUT2D eigenvalue weighted by molar-refractivity contribution is -0.130. The van der Waals surface area contributed by atoms with Gasteiger partial charge < -0.3 is 10.2 Å². The summed E-state index contributed by atoms with van der Waals surface area (Å²) in [4.78, 5) is 25.0. The number of benzene rings is 1. The van der Waals surface area contributed by atoms with Crippen molar-refractivity contribution in [1.29, 1.82) is 0 Å². The van der Waals surface area contributed by atoms with Crippen LogP contribution < -0.4 is 5.32 Å². The van der Waals surface area contributed by atoms with Crippen molar-refractivity contribution in [1.82, 2.24) is 10.2 Å². The fourth-order valence-corrected chi connectivity index (χ4v) is 2.28. The molecule has 1 saturated carbocycles. The van der Waals surface area contributed by atoms with Crippen molar-refractivity contribution in [3.05, 3.63) is 35.9 Å². The molecular formula is C16H22N2O2. The Morgan fingerprint density at radius 3 is 2.55 bits per heavy atom. The van der Waals surface area contributed by atoms with Gasteiger partial charge >= 0.3 is 0 Å². The number of carbonyl (C=O) groups excluding carboxylic acids is 2. The smallest absolute Gasteiger partial charge is 0.221 e. The fourth-order valence-electron chi connectivity index (χ4n) is 2.28. The standard InChI is InChI=1S/C16H22N2O2/c1-13(19)18(15-7-8-15)12-10-16(20)17-11-9-14-5-3-2-4-6-14/h2-6,15H,7-12H2,1H3,(H,17,20). The number of nitrogens with zero attached hydrogens (tertiary/aromatic N) is 1. The van der Waals surface area contributed by atoms with Crippen molar-refractivity contribution < 1.29 is 9.59 Å². The summed E-state index contributed by atoms with van der Waals surface area (Å²) in [5.41, 5.74) is 1.22. The third kappa shape index (κ3) is 4.68. The van der Waals surface area contributed by atoms with E-state index in [0.717, 1.165) is 19.3 Å². The lowest BCUT2D eigenvalue weighted by Gasteiger charge is -2.20. The Labute approximate surface area is 120 Å². The number of rotatable bonds is 7. The number of carbonyl (C=O) groups is 2. The van der Waals surface area contributed by atoms with Crippen molar-refractivity contribution in [2.75, 3.05) is 13.1 Å². The molecule has 1 fully saturated rings. The Morgan fingerprint density at radius 2 is 1.95 bits per heavy atom. The quantitative estimate of drug-likeness (QED) is 0.823. The maximum atomic E-state index is 11.8. The highest BCUT2D eigenvalue weighted by atomic mass is 16.2. The van der Waals surface area contributed by atoms with Crippen LogP contribution in [0.15, 0.2) is 30.3 Å². The van der Waals surface area contributed by atoms with Crippen LogP contribution in [0.1, 0.15) is 31.7 Å². The Balaban J connectivity index is 1.64. The topological polar surface area (TPSA) is 49.4 Å². The fraction of sp³-hybridized carbons (Fsp3) is 0.500. The lowest BCUT2D eigenvalue weighted by Crippen LogP contribution is -2.35. The van der Waals surface area contributed by atoms with Crippen molar-refractivity contribution in [3.63, 3.8) is 0 Å². The summed E-state index contributed by atoms with van der Waals surface area (Å²) < 4.78 is 0. The molecule has 1 N–H and O–H groups in total. The first-order valence-corrected chi connectivity index (χ1v) is 7.24. The summed E-state index contributed by atoms with van der Waals surface area (Å²) in [7, 11) is 0. The van der Waals surface area contributed by atoms with Gasteiger partial charge in [-0.15, -0.1) is 0 Å². The van der Waals surface area contributed by atoms with Gasteiger partial charge in [-0.25, -0.2) is 0 Å². The van der Waals surface area contributed by atoms with Crippen LogP contribution in [0.3, 0.4) is 0 Å². The van der Waals surface area contributed by atoms with Gasteiger partial charge in [0.15, 0.2) is 0 Å². The number of hydrogen-bond acceptors (Lipinski definition) is 2. The highest BCUT2D eigenvalue weighted by molar-refractivity contribution is 5.78. The molecule has 108 valence electrons. The number of hydrogen-bond donors (Lipinski definition) is 1. The minimum absolute atomic E-state index is 0.0211. The average Bonchev–Trinajstić information content (AvgIpc) is 3.24. The Bertz CT molecular complexity index is 455. The second kappa shape index (κ2) is 7.08. The first kappa shape index (κ1) is 14.6. The molecule has 0 saturated heterocycles. The maximum Gasteiger partial charge on any atom is 0.221 e. The molecule has 0 bridgehead atoms. The SMILES string of the molecule is CC(=O)N(CCC(=O)NCCc1ccccc1)C1CC1. The summed E-state index contributed by atoms with van der Waals surface area (Å²) in [6, 6.07) is 10.5. The lowest BCUT2D eigenvalue weighted by atomic mass is 10.1. The monoisotopic (exact) mass is 274 g/mol. The van der Waals surface area contributed by atoms with Gasteiger partial charge in [0.2, 0.25) is 11.8 Å². The molecule has 0 atom stereocenters. The molecule has 0 heterocycles. The second-order valence-electron chi connectivity index (χ2n) is 5.28. The minimum Gasteiger partial charge on any atom is -0.356 e. The Kier molecular flexibility index (Phi) is 5.16. The molecular weight excluding hydrogens is 252 g/mol. The van der Waals surface area contributed by atoms with Crippen LogP contribution in [-0.2, 0) is 16.0 Å². The molecule has 0 spiro atoms. The predicted molar refractivity (Wildman–Crippen MR) is 78.2 cm³/mol. The van der Waals surface area contributed by atoms with Crippen LogP contribution in [0.25, 0.3) is 0 Å². The van der Waals surface area contributed by atoms with Gasteiger partial charge in [-0.2, -0.15) is 0 Å². The molecule has 4 nitrogen and oxygen atoms in total. The summed E-state index contributed by atoms with van der Waals surface area (Å²) >= 11 is 0. The van der Waals surface area contributed by atoms with Crippen LogP contribution in [0.4, 0.5) is 0 Å². The second-order valence-corrected chi connectivity index (χ2v) is 5.28. The van der Waals surface area contributed by atoms with E-state index < -0.39 is 0 Å². The zero-order valence-corrected chi connectivity index (χ0v) is 12.0. The van der Waals surface area contributed by atoms with E-state index >= 15 is 0 Å². The molecule has 0 aliphatic heterocycles. The van der Waals surface area contributed by atoms with Gasteiger partial charge in [-0.1, -0.05) is 30.3 Å². The summed E-state index contributed by atoms with van der Waals surface area (Å²) in [6.45, 7) is 2.76. The molecule has 1 aromatic rings. The van der Waals surface area contributed by atoms with Crippen molar-refractivity contribution in [3.8, 4) is 0 Å². The maximum absolute atomic E-state index is 11.8. The van der Waals surface area contributed by atoms with Crippen molar-refractivity contribution in [2.24, 2.45) is 0 Å². The van der Waals surface area contributed by atoms with E-state index in [1.54, 1.807) is 6.92 Å². The highest BCUT2D eigenvalue weighted by Crippen LogP contribution is 2.26. The zero-order chi connectivity index (χ0) is 14.4. The summed E-state index contributed by atoms with van der Waals surface area (Å²) in [5, 5.41) is 2.91. The Morgan fingerprint density at radius 1 is 1.25 bits per heavy atom. The molecule has 0 unspecified atom stereocenters. The Hall–Kier alpha value is -1.84. The van der Waals surface area contributed by atoms with Crippen LogP contribution in [0.2, 0.25) is 0 Å². The average molecular weight is 274 g/mol. The van der Waals surface area contributed by atoms with Gasteiger partial charge in [0.05, 0.1) is 0 Å². The van der Waals surface area contributed by atoms with E-state index in [9.17, 15) is 9.59 Å². The van der Waals surface area contributed by atoms with E-state index in [4.69, 9.17) is 0 Å². The summed E-state index contributed by atoms with van der Waals surface area (Å²) in [5.74, 6) is 0.0948. The van der Waals surface area contributed by atoms with Gasteiger partial charge in [0.25, 0.3) is 0 Å². The molecule has 2 amide bonds. The van der Waals surface area contributed by atoms with E-state index in [0.29, 0.717) is 25.6 Å². The van der Waals surface area contributed by atoms with Gasteiger partial charge in [-0.3, -0.25) is 9.59 Å². The molecule has 1 aromatic carbocycles. The van der Waals surface area contributed by atoms with E-state index in [2.05, 4.69) is 17.4 Å². The van der Waals surface area contributed by atoms with Gasteiger partial charge in [0.1, 0.15) is 0 Å². The van der Waals surface area contributed by atoms with Crippen molar-refractivity contribution >= 4 is 11.8 Å². The summed E-state index contributed by atoms with van der Waals surface area (Å²) in [6.07, 6.45) is 3.39. The predicted octanol–water partition coefficient (Wildman–Crippen LogP) is 1.75. The molecule has 0 radical (unpaired) electrons. The molecule has 1 aliphatic rings. The minimum atomic E-state index is 0.0211.